The summed E-state index contributed by atoms with van der Waals surface area (Å²) in [5.74, 6) is 0.854. The molecule has 8 heteroatoms. The van der Waals surface area contributed by atoms with Gasteiger partial charge in [-0.15, -0.1) is 24.0 Å². The van der Waals surface area contributed by atoms with Crippen LogP contribution in [0.25, 0.3) is 10.9 Å². The van der Waals surface area contributed by atoms with Crippen molar-refractivity contribution in [3.05, 3.63) is 71.9 Å². The summed E-state index contributed by atoms with van der Waals surface area (Å²) < 4.78 is 25.1. The van der Waals surface area contributed by atoms with Gasteiger partial charge in [0.2, 0.25) is 0 Å². The van der Waals surface area contributed by atoms with E-state index in [4.69, 9.17) is 0 Å². The molecule has 2 aromatic carbocycles. The lowest BCUT2D eigenvalue weighted by Crippen LogP contribution is -2.38. The summed E-state index contributed by atoms with van der Waals surface area (Å²) in [5.41, 5.74) is 3.11. The smallest absolute Gasteiger partial charge is 0.191 e. The van der Waals surface area contributed by atoms with Crippen molar-refractivity contribution >= 4 is 50.7 Å². The fraction of sp³-hybridized carbons (Fsp3) is 0.348. The molecule has 0 aliphatic heterocycles. The minimum atomic E-state index is -3.01. The molecule has 0 spiro atoms. The minimum absolute atomic E-state index is 0. The third kappa shape index (κ3) is 8.17. The number of aryl methyl sites for hydroxylation is 1. The summed E-state index contributed by atoms with van der Waals surface area (Å²) in [6.45, 7) is 5.15. The number of fused-ring (bicyclic) bond motifs is 1. The summed E-state index contributed by atoms with van der Waals surface area (Å²) in [4.78, 5) is 4.64. The van der Waals surface area contributed by atoms with Crippen LogP contribution in [0.1, 0.15) is 24.5 Å². The van der Waals surface area contributed by atoms with E-state index in [-0.39, 0.29) is 29.7 Å². The molecule has 0 unspecified atom stereocenters. The van der Waals surface area contributed by atoms with Gasteiger partial charge in [0, 0.05) is 37.6 Å². The Morgan fingerprint density at radius 2 is 1.71 bits per heavy atom. The minimum Gasteiger partial charge on any atom is -0.357 e. The summed E-state index contributed by atoms with van der Waals surface area (Å²) in [5, 5.41) is 7.93. The average Bonchev–Trinajstić information content (AvgIpc) is 3.12. The van der Waals surface area contributed by atoms with Crippen LogP contribution in [-0.4, -0.2) is 38.3 Å². The van der Waals surface area contributed by atoms with Crippen LogP contribution in [0, 0.1) is 0 Å². The van der Waals surface area contributed by atoms with Gasteiger partial charge in [-0.2, -0.15) is 0 Å². The molecule has 3 rings (SSSR count). The molecule has 168 valence electrons. The Hall–Kier alpha value is -2.07. The molecule has 3 aromatic rings. The van der Waals surface area contributed by atoms with Crippen molar-refractivity contribution in [1.29, 1.82) is 0 Å². The Morgan fingerprint density at radius 1 is 1.00 bits per heavy atom. The number of nitrogens with zero attached hydrogens (tertiary/aromatic N) is 2. The van der Waals surface area contributed by atoms with E-state index in [9.17, 15) is 8.42 Å². The van der Waals surface area contributed by atoms with Gasteiger partial charge in [-0.3, -0.25) is 0 Å². The van der Waals surface area contributed by atoms with Gasteiger partial charge in [0.1, 0.15) is 0 Å². The van der Waals surface area contributed by atoms with Crippen LogP contribution in [0.15, 0.2) is 65.8 Å². The van der Waals surface area contributed by atoms with Crippen molar-refractivity contribution in [2.45, 2.75) is 32.2 Å². The van der Waals surface area contributed by atoms with E-state index < -0.39 is 9.84 Å². The fourth-order valence-corrected chi connectivity index (χ4v) is 4.15. The molecule has 0 saturated heterocycles. The number of aliphatic imine (C=N–C) groups is 1. The number of nitrogens with one attached hydrogen (secondary N) is 2. The lowest BCUT2D eigenvalue weighted by molar-refractivity contribution is 0.601. The fourth-order valence-electron chi connectivity index (χ4n) is 3.35. The largest absolute Gasteiger partial charge is 0.357 e. The van der Waals surface area contributed by atoms with Crippen molar-refractivity contribution in [3.8, 4) is 0 Å². The molecule has 31 heavy (non-hydrogen) atoms. The zero-order valence-corrected chi connectivity index (χ0v) is 21.2. The molecule has 6 nitrogen and oxygen atoms in total. The molecule has 0 atom stereocenters. The molecular weight excluding hydrogens is 523 g/mol. The number of hydrogen-bond donors (Lipinski definition) is 2. The number of benzene rings is 2. The van der Waals surface area contributed by atoms with E-state index in [1.807, 2.05) is 31.2 Å². The normalized spacial score (nSPS) is 11.9. The number of sulfone groups is 1. The molecule has 0 fully saturated rings. The number of halogens is 1. The Bertz CT molecular complexity index is 1090. The van der Waals surface area contributed by atoms with Gasteiger partial charge in [0.05, 0.1) is 12.3 Å². The van der Waals surface area contributed by atoms with Crippen LogP contribution < -0.4 is 10.6 Å². The topological polar surface area (TPSA) is 75.5 Å². The predicted molar refractivity (Wildman–Crippen MR) is 140 cm³/mol. The van der Waals surface area contributed by atoms with Gasteiger partial charge in [-0.25, -0.2) is 13.4 Å². The first-order chi connectivity index (χ1) is 14.4. The van der Waals surface area contributed by atoms with Crippen molar-refractivity contribution in [3.63, 3.8) is 0 Å². The number of hydrogen-bond acceptors (Lipinski definition) is 3. The van der Waals surface area contributed by atoms with Crippen molar-refractivity contribution in [2.75, 3.05) is 19.3 Å². The summed E-state index contributed by atoms with van der Waals surface area (Å²) in [6.07, 6.45) is 4.37. The highest BCUT2D eigenvalue weighted by Crippen LogP contribution is 2.15. The first kappa shape index (κ1) is 25.2. The molecule has 0 bridgehead atoms. The molecule has 1 heterocycles. The highest BCUT2D eigenvalue weighted by atomic mass is 127. The third-order valence-electron chi connectivity index (χ3n) is 4.76. The maximum absolute atomic E-state index is 11.4. The molecule has 2 N–H and O–H groups in total. The summed E-state index contributed by atoms with van der Waals surface area (Å²) >= 11 is 0. The first-order valence-electron chi connectivity index (χ1n) is 10.3. The van der Waals surface area contributed by atoms with E-state index in [0.717, 1.165) is 43.1 Å². The summed E-state index contributed by atoms with van der Waals surface area (Å²) in [6, 6.07) is 18.1. The molecule has 0 radical (unpaired) electrons. The van der Waals surface area contributed by atoms with Gasteiger partial charge in [-0.1, -0.05) is 42.5 Å². The number of para-hydroxylation sites is 1. The van der Waals surface area contributed by atoms with E-state index >= 15 is 0 Å². The van der Waals surface area contributed by atoms with E-state index in [1.54, 1.807) is 0 Å². The Morgan fingerprint density at radius 3 is 2.42 bits per heavy atom. The highest BCUT2D eigenvalue weighted by molar-refractivity contribution is 14.0. The van der Waals surface area contributed by atoms with Crippen molar-refractivity contribution in [2.24, 2.45) is 4.99 Å². The maximum atomic E-state index is 11.4. The maximum Gasteiger partial charge on any atom is 0.191 e. The van der Waals surface area contributed by atoms with Crippen LogP contribution in [0.5, 0.6) is 0 Å². The van der Waals surface area contributed by atoms with Crippen LogP contribution in [0.4, 0.5) is 0 Å². The van der Waals surface area contributed by atoms with E-state index in [2.05, 4.69) is 56.7 Å². The SMILES string of the molecule is CCNC(=NCc1ccc(CS(C)(=O)=O)cc1)NCCCn1ccc2ccccc21.I. The van der Waals surface area contributed by atoms with Crippen LogP contribution in [-0.2, 0) is 28.7 Å². The average molecular weight is 554 g/mol. The lowest BCUT2D eigenvalue weighted by Gasteiger charge is -2.12. The molecule has 0 aliphatic carbocycles. The standard InChI is InChI=1S/C23H30N4O2S.HI/c1-3-24-23(26-17-19-9-11-20(12-10-19)18-30(2,28)29)25-14-6-15-27-16-13-21-7-4-5-8-22(21)27;/h4-5,7-13,16H,3,6,14-15,17-18H2,1-2H3,(H2,24,25,26);1H. The Kier molecular flexibility index (Phi) is 9.83. The van der Waals surface area contributed by atoms with E-state index in [0.29, 0.717) is 6.54 Å². The number of aromatic nitrogens is 1. The summed E-state index contributed by atoms with van der Waals surface area (Å²) in [7, 11) is -3.01. The van der Waals surface area contributed by atoms with Crippen molar-refractivity contribution < 1.29 is 8.42 Å². The molecule has 0 aliphatic rings. The van der Waals surface area contributed by atoms with Gasteiger partial charge in [-0.05, 0) is 42.0 Å². The van der Waals surface area contributed by atoms with E-state index in [1.165, 1.54) is 17.2 Å². The molecular formula is C23H31IN4O2S. The van der Waals surface area contributed by atoms with Gasteiger partial charge >= 0.3 is 0 Å². The second-order valence-electron chi connectivity index (χ2n) is 7.43. The van der Waals surface area contributed by atoms with Gasteiger partial charge in [0.25, 0.3) is 0 Å². The predicted octanol–water partition coefficient (Wildman–Crippen LogP) is 3.95. The number of rotatable bonds is 9. The lowest BCUT2D eigenvalue weighted by atomic mass is 10.1. The highest BCUT2D eigenvalue weighted by Gasteiger charge is 2.05. The Labute approximate surface area is 202 Å². The monoisotopic (exact) mass is 554 g/mol. The van der Waals surface area contributed by atoms with Crippen molar-refractivity contribution in [1.82, 2.24) is 15.2 Å². The second kappa shape index (κ2) is 12.1. The molecule has 1 aromatic heterocycles. The Balaban J connectivity index is 0.00000341. The van der Waals surface area contributed by atoms with Gasteiger partial charge in [0.15, 0.2) is 15.8 Å². The molecule has 0 saturated carbocycles. The van der Waals surface area contributed by atoms with Crippen LogP contribution in [0.3, 0.4) is 0 Å². The van der Waals surface area contributed by atoms with Crippen LogP contribution >= 0.6 is 24.0 Å². The quantitative estimate of drug-likeness (QED) is 0.182. The molecule has 0 amide bonds. The zero-order chi connectivity index (χ0) is 21.4. The van der Waals surface area contributed by atoms with Gasteiger partial charge < -0.3 is 15.2 Å². The van der Waals surface area contributed by atoms with Crippen LogP contribution in [0.2, 0.25) is 0 Å². The second-order valence-corrected chi connectivity index (χ2v) is 9.57. The first-order valence-corrected chi connectivity index (χ1v) is 12.3. The zero-order valence-electron chi connectivity index (χ0n) is 18.0. The third-order valence-corrected chi connectivity index (χ3v) is 5.62. The number of guanidine groups is 1.